The fraction of sp³-hybridized carbons (Fsp3) is 0.250. The fourth-order valence-electron chi connectivity index (χ4n) is 3.05. The zero-order chi connectivity index (χ0) is 21.3. The molecule has 0 saturated heterocycles. The van der Waals surface area contributed by atoms with Crippen LogP contribution in [0, 0.1) is 12.7 Å². The smallest absolute Gasteiger partial charge is 0.250 e. The van der Waals surface area contributed by atoms with Crippen LogP contribution in [0.25, 0.3) is 0 Å². The molecule has 0 fully saturated rings. The van der Waals surface area contributed by atoms with Crippen LogP contribution >= 0.6 is 0 Å². The molecule has 3 aromatic rings. The molecule has 0 spiro atoms. The van der Waals surface area contributed by atoms with Crippen LogP contribution in [-0.2, 0) is 19.6 Å². The van der Waals surface area contributed by atoms with E-state index in [0.29, 0.717) is 31.2 Å². The summed E-state index contributed by atoms with van der Waals surface area (Å²) in [7, 11) is 0. The van der Waals surface area contributed by atoms with Crippen molar-refractivity contribution in [3.05, 3.63) is 105 Å². The standard InChI is InChI=1S/C24H27FN4O/c1-3-26-24(28-16-21-11-12-22(25)18(2)14-21)27-15-19-7-9-20(10-8-19)17-29-13-5-4-6-23(29)30/h4-14H,3,15-17H2,1-2H3,(H2,26,27,28). The molecule has 0 amide bonds. The van der Waals surface area contributed by atoms with Crippen LogP contribution in [0.15, 0.2) is 76.6 Å². The summed E-state index contributed by atoms with van der Waals surface area (Å²) < 4.78 is 15.1. The van der Waals surface area contributed by atoms with E-state index in [1.807, 2.05) is 43.3 Å². The molecule has 30 heavy (non-hydrogen) atoms. The summed E-state index contributed by atoms with van der Waals surface area (Å²) in [6.45, 7) is 6.16. The Hall–Kier alpha value is -3.41. The molecular weight excluding hydrogens is 379 g/mol. The lowest BCUT2D eigenvalue weighted by molar-refractivity contribution is 0.617. The molecule has 0 saturated carbocycles. The van der Waals surface area contributed by atoms with Crippen molar-refractivity contribution in [3.63, 3.8) is 0 Å². The van der Waals surface area contributed by atoms with Gasteiger partial charge in [-0.25, -0.2) is 9.38 Å². The van der Waals surface area contributed by atoms with Gasteiger partial charge in [0.2, 0.25) is 0 Å². The van der Waals surface area contributed by atoms with Crippen LogP contribution in [0.2, 0.25) is 0 Å². The predicted octanol–water partition coefficient (Wildman–Crippen LogP) is 3.60. The topological polar surface area (TPSA) is 58.4 Å². The average molecular weight is 407 g/mol. The van der Waals surface area contributed by atoms with E-state index in [1.165, 1.54) is 6.07 Å². The molecule has 5 nitrogen and oxygen atoms in total. The third-order valence-corrected chi connectivity index (χ3v) is 4.72. The van der Waals surface area contributed by atoms with Gasteiger partial charge in [0, 0.05) is 25.4 Å². The van der Waals surface area contributed by atoms with Gasteiger partial charge in [-0.15, -0.1) is 0 Å². The van der Waals surface area contributed by atoms with E-state index < -0.39 is 0 Å². The molecule has 1 heterocycles. The molecule has 1 aromatic heterocycles. The highest BCUT2D eigenvalue weighted by atomic mass is 19.1. The van der Waals surface area contributed by atoms with Crippen LogP contribution < -0.4 is 16.2 Å². The van der Waals surface area contributed by atoms with Crippen molar-refractivity contribution in [1.29, 1.82) is 0 Å². The first-order valence-electron chi connectivity index (χ1n) is 10.1. The van der Waals surface area contributed by atoms with Gasteiger partial charge in [0.25, 0.3) is 5.56 Å². The van der Waals surface area contributed by atoms with Gasteiger partial charge in [-0.2, -0.15) is 0 Å². The number of nitrogens with one attached hydrogen (secondary N) is 2. The molecule has 6 heteroatoms. The Labute approximate surface area is 176 Å². The summed E-state index contributed by atoms with van der Waals surface area (Å²) in [5.41, 5.74) is 3.76. The summed E-state index contributed by atoms with van der Waals surface area (Å²) in [6, 6.07) is 18.4. The summed E-state index contributed by atoms with van der Waals surface area (Å²) in [5, 5.41) is 6.55. The average Bonchev–Trinajstić information content (AvgIpc) is 2.75. The van der Waals surface area contributed by atoms with E-state index in [2.05, 4.69) is 15.6 Å². The molecule has 3 rings (SSSR count). The van der Waals surface area contributed by atoms with Crippen LogP contribution in [0.5, 0.6) is 0 Å². The first-order chi connectivity index (χ1) is 14.5. The molecule has 156 valence electrons. The van der Waals surface area contributed by atoms with E-state index in [4.69, 9.17) is 0 Å². The quantitative estimate of drug-likeness (QED) is 0.466. The maximum Gasteiger partial charge on any atom is 0.250 e. The minimum atomic E-state index is -0.201. The Morgan fingerprint density at radius 1 is 1.00 bits per heavy atom. The second kappa shape index (κ2) is 10.4. The summed E-state index contributed by atoms with van der Waals surface area (Å²) in [4.78, 5) is 16.4. The van der Waals surface area contributed by atoms with Gasteiger partial charge in [-0.1, -0.05) is 42.5 Å². The first-order valence-corrected chi connectivity index (χ1v) is 10.1. The van der Waals surface area contributed by atoms with Crippen molar-refractivity contribution >= 4 is 5.96 Å². The van der Waals surface area contributed by atoms with Gasteiger partial charge in [0.05, 0.1) is 13.1 Å². The van der Waals surface area contributed by atoms with Gasteiger partial charge in [0.1, 0.15) is 5.82 Å². The zero-order valence-electron chi connectivity index (χ0n) is 17.4. The number of benzene rings is 2. The van der Waals surface area contributed by atoms with Crippen molar-refractivity contribution in [3.8, 4) is 0 Å². The highest BCUT2D eigenvalue weighted by molar-refractivity contribution is 5.79. The van der Waals surface area contributed by atoms with E-state index in [-0.39, 0.29) is 11.4 Å². The van der Waals surface area contributed by atoms with E-state index in [1.54, 1.807) is 35.9 Å². The molecule has 0 atom stereocenters. The normalized spacial score (nSPS) is 11.4. The molecule has 0 aliphatic carbocycles. The molecule has 0 aliphatic rings. The minimum Gasteiger partial charge on any atom is -0.357 e. The Bertz CT molecular complexity index is 1060. The number of hydrogen-bond donors (Lipinski definition) is 2. The number of aryl methyl sites for hydroxylation is 1. The highest BCUT2D eigenvalue weighted by Gasteiger charge is 2.02. The second-order valence-electron chi connectivity index (χ2n) is 7.12. The van der Waals surface area contributed by atoms with Gasteiger partial charge < -0.3 is 15.2 Å². The number of aromatic nitrogens is 1. The number of aliphatic imine (C=N–C) groups is 1. The van der Waals surface area contributed by atoms with Crippen LogP contribution in [0.1, 0.15) is 29.2 Å². The summed E-state index contributed by atoms with van der Waals surface area (Å²) in [6.07, 6.45) is 1.79. The Morgan fingerprint density at radius 2 is 1.73 bits per heavy atom. The van der Waals surface area contributed by atoms with Crippen LogP contribution in [0.4, 0.5) is 4.39 Å². The number of guanidine groups is 1. The van der Waals surface area contributed by atoms with Gasteiger partial charge in [-0.3, -0.25) is 4.79 Å². The number of nitrogens with zero attached hydrogens (tertiary/aromatic N) is 2. The molecule has 0 radical (unpaired) electrons. The molecule has 0 aliphatic heterocycles. The predicted molar refractivity (Wildman–Crippen MR) is 119 cm³/mol. The Balaban J connectivity index is 1.59. The van der Waals surface area contributed by atoms with Crippen molar-refractivity contribution < 1.29 is 4.39 Å². The number of hydrogen-bond acceptors (Lipinski definition) is 2. The van der Waals surface area contributed by atoms with E-state index >= 15 is 0 Å². The van der Waals surface area contributed by atoms with E-state index in [0.717, 1.165) is 23.2 Å². The lowest BCUT2D eigenvalue weighted by Gasteiger charge is -2.12. The molecule has 2 aromatic carbocycles. The Kier molecular flexibility index (Phi) is 7.38. The third kappa shape index (κ3) is 6.04. The molecule has 0 bridgehead atoms. The van der Waals surface area contributed by atoms with Crippen LogP contribution in [0.3, 0.4) is 0 Å². The van der Waals surface area contributed by atoms with Gasteiger partial charge in [0.15, 0.2) is 5.96 Å². The number of halogens is 1. The summed E-state index contributed by atoms with van der Waals surface area (Å²) in [5.74, 6) is 0.507. The molecular formula is C24H27FN4O. The van der Waals surface area contributed by atoms with E-state index in [9.17, 15) is 9.18 Å². The lowest BCUT2D eigenvalue weighted by atomic mass is 10.1. The Morgan fingerprint density at radius 3 is 2.43 bits per heavy atom. The lowest BCUT2D eigenvalue weighted by Crippen LogP contribution is -2.36. The molecule has 0 unspecified atom stereocenters. The minimum absolute atomic E-state index is 0.00825. The van der Waals surface area contributed by atoms with Crippen molar-refractivity contribution in [2.45, 2.75) is 33.5 Å². The summed E-state index contributed by atoms with van der Waals surface area (Å²) >= 11 is 0. The van der Waals surface area contributed by atoms with Crippen LogP contribution in [-0.4, -0.2) is 17.1 Å². The zero-order valence-corrected chi connectivity index (χ0v) is 17.4. The molecule has 2 N–H and O–H groups in total. The fourth-order valence-corrected chi connectivity index (χ4v) is 3.05. The van der Waals surface area contributed by atoms with Crippen molar-refractivity contribution in [2.75, 3.05) is 6.54 Å². The van der Waals surface area contributed by atoms with Crippen molar-refractivity contribution in [1.82, 2.24) is 15.2 Å². The maximum atomic E-state index is 13.4. The largest absolute Gasteiger partial charge is 0.357 e. The second-order valence-corrected chi connectivity index (χ2v) is 7.12. The number of pyridine rings is 1. The highest BCUT2D eigenvalue weighted by Crippen LogP contribution is 2.10. The SMILES string of the molecule is CCNC(=NCc1ccc(F)c(C)c1)NCc1ccc(Cn2ccccc2=O)cc1. The van der Waals surface area contributed by atoms with Gasteiger partial charge >= 0.3 is 0 Å². The third-order valence-electron chi connectivity index (χ3n) is 4.72. The monoisotopic (exact) mass is 406 g/mol. The first kappa shape index (κ1) is 21.3. The van der Waals surface area contributed by atoms with Crippen molar-refractivity contribution in [2.24, 2.45) is 4.99 Å². The van der Waals surface area contributed by atoms with Gasteiger partial charge in [-0.05, 0) is 48.2 Å². The maximum absolute atomic E-state index is 13.4. The number of rotatable bonds is 7.